The summed E-state index contributed by atoms with van der Waals surface area (Å²) in [5.41, 5.74) is 4.28. The minimum atomic E-state index is -0.305. The molecule has 0 aliphatic heterocycles. The first kappa shape index (κ1) is 14.3. The molecule has 1 aromatic carbocycles. The zero-order chi connectivity index (χ0) is 15.7. The molecule has 0 aliphatic rings. The van der Waals surface area contributed by atoms with Gasteiger partial charge < -0.3 is 10.3 Å². The van der Waals surface area contributed by atoms with Crippen LogP contribution in [0.25, 0.3) is 10.9 Å². The molecule has 1 amide bonds. The summed E-state index contributed by atoms with van der Waals surface area (Å²) in [4.78, 5) is 15.3. The molecule has 2 aromatic heterocycles. The van der Waals surface area contributed by atoms with Gasteiger partial charge >= 0.3 is 0 Å². The highest BCUT2D eigenvalue weighted by Gasteiger charge is 2.13. The van der Waals surface area contributed by atoms with E-state index in [1.165, 1.54) is 12.1 Å². The Morgan fingerprint density at radius 2 is 2.14 bits per heavy atom. The quantitative estimate of drug-likeness (QED) is 0.692. The van der Waals surface area contributed by atoms with E-state index in [0.29, 0.717) is 6.54 Å². The maximum Gasteiger partial charge on any atom is 0.224 e. The van der Waals surface area contributed by atoms with E-state index in [2.05, 4.69) is 20.5 Å². The Bertz CT molecular complexity index is 834. The van der Waals surface area contributed by atoms with Gasteiger partial charge in [0.25, 0.3) is 0 Å². The Hall–Kier alpha value is -2.63. The van der Waals surface area contributed by atoms with Crippen LogP contribution in [0.1, 0.15) is 22.6 Å². The smallest absolute Gasteiger partial charge is 0.224 e. The van der Waals surface area contributed by atoms with E-state index in [1.807, 2.05) is 19.9 Å². The lowest BCUT2D eigenvalue weighted by Gasteiger charge is -2.04. The van der Waals surface area contributed by atoms with Crippen LogP contribution in [0.3, 0.4) is 0 Å². The van der Waals surface area contributed by atoms with Gasteiger partial charge in [0, 0.05) is 22.3 Å². The van der Waals surface area contributed by atoms with Crippen LogP contribution in [0.5, 0.6) is 0 Å². The molecule has 2 heterocycles. The van der Waals surface area contributed by atoms with Crippen LogP contribution in [0, 0.1) is 19.7 Å². The number of hydrogen-bond donors (Lipinski definition) is 3. The van der Waals surface area contributed by atoms with Crippen molar-refractivity contribution >= 4 is 16.8 Å². The molecule has 3 rings (SSSR count). The number of hydrogen-bond acceptors (Lipinski definition) is 2. The Morgan fingerprint density at radius 1 is 1.32 bits per heavy atom. The van der Waals surface area contributed by atoms with Gasteiger partial charge in [0.1, 0.15) is 5.82 Å². The van der Waals surface area contributed by atoms with Gasteiger partial charge in [0.05, 0.1) is 18.7 Å². The molecule has 5 nitrogen and oxygen atoms in total. The van der Waals surface area contributed by atoms with Crippen LogP contribution >= 0.6 is 0 Å². The van der Waals surface area contributed by atoms with E-state index in [0.717, 1.165) is 33.5 Å². The number of carbonyl (C=O) groups is 1. The van der Waals surface area contributed by atoms with Crippen molar-refractivity contribution in [2.45, 2.75) is 26.8 Å². The SMILES string of the molecule is Cc1cc(CNC(=O)Cc2c(C)[nH]c3ccc(F)cc23)n[nH]1. The zero-order valence-electron chi connectivity index (χ0n) is 12.5. The van der Waals surface area contributed by atoms with Gasteiger partial charge in [-0.15, -0.1) is 0 Å². The molecule has 0 radical (unpaired) electrons. The van der Waals surface area contributed by atoms with E-state index in [1.54, 1.807) is 6.07 Å². The zero-order valence-corrected chi connectivity index (χ0v) is 12.5. The van der Waals surface area contributed by atoms with E-state index >= 15 is 0 Å². The number of benzene rings is 1. The fourth-order valence-electron chi connectivity index (χ4n) is 2.56. The highest BCUT2D eigenvalue weighted by molar-refractivity contribution is 5.90. The predicted molar refractivity (Wildman–Crippen MR) is 81.9 cm³/mol. The summed E-state index contributed by atoms with van der Waals surface area (Å²) < 4.78 is 13.4. The van der Waals surface area contributed by atoms with Crippen LogP contribution in [0.4, 0.5) is 4.39 Å². The highest BCUT2D eigenvalue weighted by Crippen LogP contribution is 2.23. The molecule has 6 heteroatoms. The van der Waals surface area contributed by atoms with Crippen molar-refractivity contribution in [3.63, 3.8) is 0 Å². The van der Waals surface area contributed by atoms with Crippen LogP contribution in [0.2, 0.25) is 0 Å². The summed E-state index contributed by atoms with van der Waals surface area (Å²) in [5, 5.41) is 10.5. The number of aryl methyl sites for hydroxylation is 2. The number of aromatic nitrogens is 3. The molecule has 0 unspecified atom stereocenters. The third-order valence-corrected chi connectivity index (χ3v) is 3.64. The van der Waals surface area contributed by atoms with Crippen molar-refractivity contribution in [1.29, 1.82) is 0 Å². The molecule has 0 saturated heterocycles. The fraction of sp³-hybridized carbons (Fsp3) is 0.250. The van der Waals surface area contributed by atoms with Gasteiger partial charge in [-0.05, 0) is 43.7 Å². The van der Waals surface area contributed by atoms with Gasteiger partial charge in [0.15, 0.2) is 0 Å². The number of fused-ring (bicyclic) bond motifs is 1. The van der Waals surface area contributed by atoms with Crippen molar-refractivity contribution in [3.8, 4) is 0 Å². The third kappa shape index (κ3) is 2.86. The minimum absolute atomic E-state index is 0.117. The molecule has 22 heavy (non-hydrogen) atoms. The molecule has 0 fully saturated rings. The second kappa shape index (κ2) is 5.63. The number of carbonyl (C=O) groups excluding carboxylic acids is 1. The third-order valence-electron chi connectivity index (χ3n) is 3.64. The first-order valence-electron chi connectivity index (χ1n) is 7.07. The van der Waals surface area contributed by atoms with Crippen molar-refractivity contribution in [2.24, 2.45) is 0 Å². The lowest BCUT2D eigenvalue weighted by atomic mass is 10.1. The first-order chi connectivity index (χ1) is 10.5. The topological polar surface area (TPSA) is 73.6 Å². The number of aromatic amines is 2. The average molecular weight is 300 g/mol. The van der Waals surface area contributed by atoms with Crippen LogP contribution in [0.15, 0.2) is 24.3 Å². The van der Waals surface area contributed by atoms with Gasteiger partial charge in [-0.2, -0.15) is 5.10 Å². The van der Waals surface area contributed by atoms with E-state index in [9.17, 15) is 9.18 Å². The van der Waals surface area contributed by atoms with Crippen molar-refractivity contribution in [2.75, 3.05) is 0 Å². The Balaban J connectivity index is 1.73. The van der Waals surface area contributed by atoms with Crippen LogP contribution in [-0.2, 0) is 17.8 Å². The number of rotatable bonds is 4. The Morgan fingerprint density at radius 3 is 2.86 bits per heavy atom. The summed E-state index contributed by atoms with van der Waals surface area (Å²) in [6.45, 7) is 4.17. The second-order valence-electron chi connectivity index (χ2n) is 5.41. The molecule has 0 atom stereocenters. The minimum Gasteiger partial charge on any atom is -0.358 e. The normalized spacial score (nSPS) is 11.0. The molecular weight excluding hydrogens is 283 g/mol. The Kier molecular flexibility index (Phi) is 3.66. The first-order valence-corrected chi connectivity index (χ1v) is 7.07. The monoisotopic (exact) mass is 300 g/mol. The molecule has 3 N–H and O–H groups in total. The molecule has 0 saturated carbocycles. The molecule has 114 valence electrons. The van der Waals surface area contributed by atoms with E-state index < -0.39 is 0 Å². The number of nitrogens with zero attached hydrogens (tertiary/aromatic N) is 1. The summed E-state index contributed by atoms with van der Waals surface area (Å²) in [5.74, 6) is -0.422. The fourth-order valence-corrected chi connectivity index (χ4v) is 2.56. The van der Waals surface area contributed by atoms with Gasteiger partial charge in [-0.1, -0.05) is 0 Å². The number of halogens is 1. The molecule has 0 spiro atoms. The standard InChI is InChI=1S/C16H17FN4O/c1-9-5-12(21-20-9)8-18-16(22)7-13-10(2)19-15-4-3-11(17)6-14(13)15/h3-6,19H,7-8H2,1-2H3,(H,18,22)(H,20,21). The van der Waals surface area contributed by atoms with Gasteiger partial charge in [-0.25, -0.2) is 4.39 Å². The van der Waals surface area contributed by atoms with Crippen molar-refractivity contribution < 1.29 is 9.18 Å². The Labute approximate surface area is 126 Å². The summed E-state index contributed by atoms with van der Waals surface area (Å²) in [6, 6.07) is 6.43. The summed E-state index contributed by atoms with van der Waals surface area (Å²) in [7, 11) is 0. The second-order valence-corrected chi connectivity index (χ2v) is 5.41. The van der Waals surface area contributed by atoms with Gasteiger partial charge in [0.2, 0.25) is 5.91 Å². The number of nitrogens with one attached hydrogen (secondary N) is 3. The van der Waals surface area contributed by atoms with E-state index in [-0.39, 0.29) is 18.1 Å². The van der Waals surface area contributed by atoms with Crippen LogP contribution < -0.4 is 5.32 Å². The lowest BCUT2D eigenvalue weighted by Crippen LogP contribution is -2.24. The maximum atomic E-state index is 13.4. The van der Waals surface area contributed by atoms with Gasteiger partial charge in [-0.3, -0.25) is 9.89 Å². The van der Waals surface area contributed by atoms with Crippen molar-refractivity contribution in [3.05, 3.63) is 52.7 Å². The van der Waals surface area contributed by atoms with Crippen LogP contribution in [-0.4, -0.2) is 21.1 Å². The lowest BCUT2D eigenvalue weighted by molar-refractivity contribution is -0.120. The molecule has 3 aromatic rings. The molecule has 0 aliphatic carbocycles. The number of H-pyrrole nitrogens is 2. The van der Waals surface area contributed by atoms with E-state index in [4.69, 9.17) is 0 Å². The average Bonchev–Trinajstić information content (AvgIpc) is 3.02. The summed E-state index contributed by atoms with van der Waals surface area (Å²) in [6.07, 6.45) is 0.207. The molecular formula is C16H17FN4O. The highest BCUT2D eigenvalue weighted by atomic mass is 19.1. The molecule has 0 bridgehead atoms. The maximum absolute atomic E-state index is 13.4. The number of amides is 1. The summed E-state index contributed by atoms with van der Waals surface area (Å²) >= 11 is 0. The van der Waals surface area contributed by atoms with Crippen molar-refractivity contribution in [1.82, 2.24) is 20.5 Å². The largest absolute Gasteiger partial charge is 0.358 e. The predicted octanol–water partition coefficient (Wildman–Crippen LogP) is 2.51.